The molecule has 0 saturated heterocycles. The zero-order valence-electron chi connectivity index (χ0n) is 13.2. The van der Waals surface area contributed by atoms with E-state index in [1.165, 1.54) is 0 Å². The number of nitrogens with one attached hydrogen (secondary N) is 1. The molecule has 0 spiro atoms. The first-order valence-electron chi connectivity index (χ1n) is 7.82. The molecule has 2 aromatic carbocycles. The highest BCUT2D eigenvalue weighted by atomic mass is 16.3. The second-order valence-corrected chi connectivity index (χ2v) is 5.53. The summed E-state index contributed by atoms with van der Waals surface area (Å²) < 4.78 is 1.84. The molecular weight excluding hydrogens is 302 g/mol. The van der Waals surface area contributed by atoms with Gasteiger partial charge in [0.2, 0.25) is 0 Å². The molecule has 5 heteroatoms. The maximum Gasteiger partial charge on any atom is 0.255 e. The lowest BCUT2D eigenvalue weighted by Crippen LogP contribution is -2.12. The molecule has 2 N–H and O–H groups in total. The van der Waals surface area contributed by atoms with Gasteiger partial charge in [-0.3, -0.25) is 9.48 Å². The van der Waals surface area contributed by atoms with Crippen molar-refractivity contribution in [3.63, 3.8) is 0 Å². The minimum atomic E-state index is -0.143. The first kappa shape index (κ1) is 16.0. The molecule has 3 rings (SSSR count). The highest BCUT2D eigenvalue weighted by Gasteiger charge is 2.06. The van der Waals surface area contributed by atoms with E-state index in [9.17, 15) is 4.79 Å². The molecule has 0 aliphatic carbocycles. The van der Waals surface area contributed by atoms with E-state index in [1.807, 2.05) is 65.5 Å². The smallest absolute Gasteiger partial charge is 0.255 e. The molecule has 0 saturated carbocycles. The van der Waals surface area contributed by atoms with Crippen molar-refractivity contribution in [3.8, 4) is 0 Å². The molecule has 0 radical (unpaired) electrons. The summed E-state index contributed by atoms with van der Waals surface area (Å²) in [6.07, 6.45) is 4.26. The van der Waals surface area contributed by atoms with Gasteiger partial charge in [0, 0.05) is 30.3 Å². The normalized spacial score (nSPS) is 10.5. The zero-order valence-corrected chi connectivity index (χ0v) is 13.2. The number of hydrogen-bond donors (Lipinski definition) is 2. The number of rotatable bonds is 6. The fourth-order valence-corrected chi connectivity index (χ4v) is 2.43. The quantitative estimate of drug-likeness (QED) is 0.733. The van der Waals surface area contributed by atoms with Gasteiger partial charge in [-0.25, -0.2) is 0 Å². The molecular formula is C19H19N3O2. The SMILES string of the molecule is O=C(Nc1ccc(CCO)cc1)c1ccc(Cn2cccn2)cc1. The van der Waals surface area contributed by atoms with Gasteiger partial charge in [-0.1, -0.05) is 24.3 Å². The summed E-state index contributed by atoms with van der Waals surface area (Å²) in [4.78, 5) is 12.3. The van der Waals surface area contributed by atoms with E-state index in [1.54, 1.807) is 6.20 Å². The summed E-state index contributed by atoms with van der Waals surface area (Å²) in [7, 11) is 0. The summed E-state index contributed by atoms with van der Waals surface area (Å²) in [5.74, 6) is -0.143. The number of carbonyl (C=O) groups excluding carboxylic acids is 1. The van der Waals surface area contributed by atoms with Crippen LogP contribution in [0.1, 0.15) is 21.5 Å². The third-order valence-electron chi connectivity index (χ3n) is 3.73. The number of carbonyl (C=O) groups is 1. The van der Waals surface area contributed by atoms with Crippen molar-refractivity contribution in [1.82, 2.24) is 9.78 Å². The van der Waals surface area contributed by atoms with Crippen LogP contribution in [0.3, 0.4) is 0 Å². The molecule has 24 heavy (non-hydrogen) atoms. The molecule has 0 aliphatic heterocycles. The number of anilines is 1. The van der Waals surface area contributed by atoms with Crippen LogP contribution in [-0.2, 0) is 13.0 Å². The van der Waals surface area contributed by atoms with E-state index >= 15 is 0 Å². The third kappa shape index (κ3) is 4.08. The van der Waals surface area contributed by atoms with Crippen molar-refractivity contribution in [2.75, 3.05) is 11.9 Å². The fourth-order valence-electron chi connectivity index (χ4n) is 2.43. The monoisotopic (exact) mass is 321 g/mol. The summed E-state index contributed by atoms with van der Waals surface area (Å²) >= 11 is 0. The van der Waals surface area contributed by atoms with Crippen LogP contribution in [0.4, 0.5) is 5.69 Å². The summed E-state index contributed by atoms with van der Waals surface area (Å²) in [6, 6.07) is 16.9. The average Bonchev–Trinajstić information content (AvgIpc) is 3.10. The number of aliphatic hydroxyl groups is 1. The molecule has 0 bridgehead atoms. The molecule has 0 atom stereocenters. The molecule has 0 aliphatic rings. The van der Waals surface area contributed by atoms with Crippen molar-refractivity contribution in [2.24, 2.45) is 0 Å². The number of benzene rings is 2. The standard InChI is InChI=1S/C19H19N3O2/c23-13-10-15-4-8-18(9-5-15)21-19(24)17-6-2-16(3-7-17)14-22-12-1-11-20-22/h1-9,11-12,23H,10,13-14H2,(H,21,24). The molecule has 0 unspecified atom stereocenters. The molecule has 1 aromatic heterocycles. The lowest BCUT2D eigenvalue weighted by molar-refractivity contribution is 0.102. The topological polar surface area (TPSA) is 67.2 Å². The van der Waals surface area contributed by atoms with Crippen LogP contribution in [0, 0.1) is 0 Å². The Kier molecular flexibility index (Phi) is 5.03. The van der Waals surface area contributed by atoms with Gasteiger partial charge in [-0.05, 0) is 47.9 Å². The van der Waals surface area contributed by atoms with Crippen molar-refractivity contribution in [1.29, 1.82) is 0 Å². The highest BCUT2D eigenvalue weighted by molar-refractivity contribution is 6.04. The Balaban J connectivity index is 1.62. The largest absolute Gasteiger partial charge is 0.396 e. The van der Waals surface area contributed by atoms with Gasteiger partial charge in [-0.15, -0.1) is 0 Å². The Bertz CT molecular complexity index is 778. The summed E-state index contributed by atoms with van der Waals surface area (Å²) in [6.45, 7) is 0.803. The Hall–Kier alpha value is -2.92. The Labute approximate surface area is 140 Å². The van der Waals surface area contributed by atoms with Gasteiger partial charge in [-0.2, -0.15) is 5.10 Å². The number of aromatic nitrogens is 2. The maximum atomic E-state index is 12.3. The van der Waals surface area contributed by atoms with Gasteiger partial charge >= 0.3 is 0 Å². The molecule has 0 fully saturated rings. The zero-order chi connectivity index (χ0) is 16.8. The lowest BCUT2D eigenvalue weighted by Gasteiger charge is -2.07. The number of hydrogen-bond acceptors (Lipinski definition) is 3. The predicted octanol–water partition coefficient (Wildman–Crippen LogP) is 2.72. The fraction of sp³-hybridized carbons (Fsp3) is 0.158. The van der Waals surface area contributed by atoms with Crippen LogP contribution in [0.15, 0.2) is 67.0 Å². The molecule has 3 aromatic rings. The van der Waals surface area contributed by atoms with Gasteiger partial charge in [0.25, 0.3) is 5.91 Å². The minimum Gasteiger partial charge on any atom is -0.396 e. The van der Waals surface area contributed by atoms with Crippen LogP contribution < -0.4 is 5.32 Å². The Morgan fingerprint density at radius 3 is 2.38 bits per heavy atom. The predicted molar refractivity (Wildman–Crippen MR) is 93.0 cm³/mol. The van der Waals surface area contributed by atoms with Crippen LogP contribution in [0.2, 0.25) is 0 Å². The van der Waals surface area contributed by atoms with Crippen LogP contribution in [0.25, 0.3) is 0 Å². The number of nitrogens with zero attached hydrogens (tertiary/aromatic N) is 2. The van der Waals surface area contributed by atoms with Gasteiger partial charge in [0.15, 0.2) is 0 Å². The second-order valence-electron chi connectivity index (χ2n) is 5.53. The summed E-state index contributed by atoms with van der Waals surface area (Å²) in [5.41, 5.74) is 3.48. The van der Waals surface area contributed by atoms with E-state index in [-0.39, 0.29) is 12.5 Å². The number of amides is 1. The first-order chi connectivity index (χ1) is 11.7. The van der Waals surface area contributed by atoms with Crippen molar-refractivity contribution in [2.45, 2.75) is 13.0 Å². The van der Waals surface area contributed by atoms with Crippen LogP contribution in [-0.4, -0.2) is 27.4 Å². The third-order valence-corrected chi connectivity index (χ3v) is 3.73. The minimum absolute atomic E-state index is 0.122. The lowest BCUT2D eigenvalue weighted by atomic mass is 10.1. The van der Waals surface area contributed by atoms with Gasteiger partial charge in [0.05, 0.1) is 6.54 Å². The van der Waals surface area contributed by atoms with Crippen LogP contribution in [0.5, 0.6) is 0 Å². The van der Waals surface area contributed by atoms with E-state index in [2.05, 4.69) is 10.4 Å². The first-order valence-corrected chi connectivity index (χ1v) is 7.82. The van der Waals surface area contributed by atoms with E-state index in [0.717, 1.165) is 16.8 Å². The second kappa shape index (κ2) is 7.57. The van der Waals surface area contributed by atoms with E-state index < -0.39 is 0 Å². The number of aliphatic hydroxyl groups excluding tert-OH is 1. The summed E-state index contributed by atoms with van der Waals surface area (Å²) in [5, 5.41) is 16.0. The Morgan fingerprint density at radius 1 is 1.04 bits per heavy atom. The van der Waals surface area contributed by atoms with Crippen molar-refractivity contribution in [3.05, 3.63) is 83.7 Å². The molecule has 122 valence electrons. The van der Waals surface area contributed by atoms with Crippen LogP contribution >= 0.6 is 0 Å². The van der Waals surface area contributed by atoms with Crippen molar-refractivity contribution >= 4 is 11.6 Å². The maximum absolute atomic E-state index is 12.3. The van der Waals surface area contributed by atoms with Crippen molar-refractivity contribution < 1.29 is 9.90 Å². The molecule has 1 amide bonds. The highest BCUT2D eigenvalue weighted by Crippen LogP contribution is 2.13. The Morgan fingerprint density at radius 2 is 1.75 bits per heavy atom. The van der Waals surface area contributed by atoms with Gasteiger partial charge < -0.3 is 10.4 Å². The molecule has 1 heterocycles. The van der Waals surface area contributed by atoms with Gasteiger partial charge in [0.1, 0.15) is 0 Å². The average molecular weight is 321 g/mol. The van der Waals surface area contributed by atoms with E-state index in [0.29, 0.717) is 18.5 Å². The molecule has 5 nitrogen and oxygen atoms in total. The van der Waals surface area contributed by atoms with E-state index in [4.69, 9.17) is 5.11 Å².